The van der Waals surface area contributed by atoms with Gasteiger partial charge in [-0.1, -0.05) is 12.1 Å². The second-order valence-electron chi connectivity index (χ2n) is 7.79. The highest BCUT2D eigenvalue weighted by atomic mass is 19.4. The zero-order chi connectivity index (χ0) is 24.8. The Balaban J connectivity index is 1.37. The second-order valence-corrected chi connectivity index (χ2v) is 7.79. The number of hydrogen-bond acceptors (Lipinski definition) is 7. The third kappa shape index (κ3) is 6.52. The predicted octanol–water partition coefficient (Wildman–Crippen LogP) is 5.03. The van der Waals surface area contributed by atoms with Gasteiger partial charge in [0.15, 0.2) is 5.82 Å². The molecule has 1 aromatic heterocycles. The number of anilines is 2. The van der Waals surface area contributed by atoms with Crippen LogP contribution in [0.25, 0.3) is 0 Å². The monoisotopic (exact) mass is 488 g/mol. The maximum Gasteiger partial charge on any atom is 0.573 e. The van der Waals surface area contributed by atoms with Crippen LogP contribution in [0.5, 0.6) is 23.1 Å². The van der Waals surface area contributed by atoms with Crippen molar-refractivity contribution in [1.82, 2.24) is 9.97 Å². The van der Waals surface area contributed by atoms with Gasteiger partial charge in [-0.3, -0.25) is 4.79 Å². The summed E-state index contributed by atoms with van der Waals surface area (Å²) in [5.41, 5.74) is 0.238. The predicted molar refractivity (Wildman–Crippen MR) is 122 cm³/mol. The van der Waals surface area contributed by atoms with E-state index in [1.54, 1.807) is 37.6 Å². The van der Waals surface area contributed by atoms with E-state index in [-0.39, 0.29) is 17.5 Å². The van der Waals surface area contributed by atoms with Crippen molar-refractivity contribution in [2.45, 2.75) is 19.2 Å². The molecule has 2 aromatic carbocycles. The van der Waals surface area contributed by atoms with Crippen LogP contribution in [0.15, 0.2) is 60.9 Å². The minimum atomic E-state index is -4.80. The summed E-state index contributed by atoms with van der Waals surface area (Å²) in [6, 6.07) is 12.3. The molecule has 8 nitrogen and oxygen atoms in total. The van der Waals surface area contributed by atoms with Crippen LogP contribution >= 0.6 is 0 Å². The first-order valence-corrected chi connectivity index (χ1v) is 10.9. The number of amides is 1. The highest BCUT2D eigenvalue weighted by Gasteiger charge is 2.31. The zero-order valence-corrected chi connectivity index (χ0v) is 18.8. The number of piperidine rings is 1. The van der Waals surface area contributed by atoms with Gasteiger partial charge in [0, 0.05) is 49.2 Å². The quantitative estimate of drug-likeness (QED) is 0.499. The van der Waals surface area contributed by atoms with E-state index in [0.717, 1.165) is 6.07 Å². The van der Waals surface area contributed by atoms with E-state index in [0.29, 0.717) is 49.1 Å². The molecule has 0 atom stereocenters. The molecule has 3 aromatic rings. The highest BCUT2D eigenvalue weighted by Crippen LogP contribution is 2.32. The Labute approximate surface area is 199 Å². The summed E-state index contributed by atoms with van der Waals surface area (Å²) in [7, 11) is 1.57. The number of rotatable bonds is 7. The van der Waals surface area contributed by atoms with Gasteiger partial charge in [-0.25, -0.2) is 9.97 Å². The number of hydrogen-bond donors (Lipinski definition) is 1. The van der Waals surface area contributed by atoms with Crippen LogP contribution in [0.2, 0.25) is 0 Å². The van der Waals surface area contributed by atoms with Crippen molar-refractivity contribution < 1.29 is 32.2 Å². The number of aromatic nitrogens is 2. The van der Waals surface area contributed by atoms with E-state index in [1.807, 2.05) is 4.90 Å². The van der Waals surface area contributed by atoms with Crippen LogP contribution in [0, 0.1) is 5.92 Å². The van der Waals surface area contributed by atoms with Crippen molar-refractivity contribution in [1.29, 1.82) is 0 Å². The normalized spacial score (nSPS) is 14.3. The highest BCUT2D eigenvalue weighted by molar-refractivity contribution is 5.92. The first-order chi connectivity index (χ1) is 16.8. The molecule has 1 amide bonds. The average molecular weight is 488 g/mol. The Morgan fingerprint density at radius 2 is 1.69 bits per heavy atom. The topological polar surface area (TPSA) is 85.8 Å². The maximum atomic E-state index is 12.7. The van der Waals surface area contributed by atoms with Gasteiger partial charge in [0.05, 0.1) is 7.11 Å². The zero-order valence-electron chi connectivity index (χ0n) is 18.8. The minimum Gasteiger partial charge on any atom is -0.497 e. The van der Waals surface area contributed by atoms with Gasteiger partial charge >= 0.3 is 6.36 Å². The van der Waals surface area contributed by atoms with Gasteiger partial charge < -0.3 is 24.4 Å². The maximum absolute atomic E-state index is 12.7. The number of alkyl halides is 3. The van der Waals surface area contributed by atoms with E-state index in [4.69, 9.17) is 9.47 Å². The lowest BCUT2D eigenvalue weighted by Crippen LogP contribution is -2.38. The molecule has 1 aliphatic rings. The molecule has 0 aliphatic carbocycles. The molecule has 1 N–H and O–H groups in total. The fraction of sp³-hybridized carbons (Fsp3) is 0.292. The van der Waals surface area contributed by atoms with Gasteiger partial charge in [-0.2, -0.15) is 0 Å². The lowest BCUT2D eigenvalue weighted by Gasteiger charge is -2.32. The molecular weight excluding hydrogens is 465 g/mol. The van der Waals surface area contributed by atoms with E-state index >= 15 is 0 Å². The molecule has 1 aliphatic heterocycles. The molecule has 0 bridgehead atoms. The summed E-state index contributed by atoms with van der Waals surface area (Å²) >= 11 is 0. The Hall–Kier alpha value is -4.02. The average Bonchev–Trinajstić information content (AvgIpc) is 2.84. The van der Waals surface area contributed by atoms with Crippen LogP contribution in [0.1, 0.15) is 12.8 Å². The molecule has 2 heterocycles. The number of ether oxygens (including phenoxy) is 3. The summed E-state index contributed by atoms with van der Waals surface area (Å²) in [4.78, 5) is 23.4. The number of carbonyl (C=O) groups is 1. The summed E-state index contributed by atoms with van der Waals surface area (Å²) in [6.45, 7) is 1.06. The summed E-state index contributed by atoms with van der Waals surface area (Å²) < 4.78 is 52.4. The molecule has 0 radical (unpaired) electrons. The molecular formula is C24H23F3N4O4. The molecule has 35 heavy (non-hydrogen) atoms. The Bertz CT molecular complexity index is 1170. The van der Waals surface area contributed by atoms with E-state index in [2.05, 4.69) is 20.0 Å². The largest absolute Gasteiger partial charge is 0.573 e. The number of nitrogens with one attached hydrogen (secondary N) is 1. The first kappa shape index (κ1) is 24.1. The summed E-state index contributed by atoms with van der Waals surface area (Å²) in [5.74, 6) is 1.14. The summed E-state index contributed by atoms with van der Waals surface area (Å²) in [5, 5.41) is 2.68. The van der Waals surface area contributed by atoms with Crippen LogP contribution in [0.4, 0.5) is 24.7 Å². The fourth-order valence-corrected chi connectivity index (χ4v) is 3.75. The van der Waals surface area contributed by atoms with Gasteiger partial charge in [0.25, 0.3) is 5.88 Å². The van der Waals surface area contributed by atoms with Crippen molar-refractivity contribution in [3.05, 3.63) is 60.9 Å². The number of benzene rings is 2. The number of nitrogens with zero attached hydrogens (tertiary/aromatic N) is 3. The molecule has 4 rings (SSSR count). The SMILES string of the molecule is COc1cccc(Oc2nccnc2N2CCC(C(=O)Nc3cccc(OC(F)(F)F)c3)CC2)c1. The molecule has 0 saturated carbocycles. The Kier molecular flexibility index (Phi) is 7.23. The van der Waals surface area contributed by atoms with Gasteiger partial charge in [-0.15, -0.1) is 13.2 Å². The molecule has 11 heteroatoms. The molecule has 0 unspecified atom stereocenters. The Morgan fingerprint density at radius 1 is 1.00 bits per heavy atom. The second kappa shape index (κ2) is 10.5. The van der Waals surface area contributed by atoms with Crippen molar-refractivity contribution in [2.24, 2.45) is 5.92 Å². The molecule has 184 valence electrons. The van der Waals surface area contributed by atoms with Crippen LogP contribution in [-0.4, -0.2) is 42.4 Å². The van der Waals surface area contributed by atoms with Crippen LogP contribution in [-0.2, 0) is 4.79 Å². The third-order valence-electron chi connectivity index (χ3n) is 5.40. The van der Waals surface area contributed by atoms with Gasteiger partial charge in [-0.05, 0) is 37.1 Å². The standard InChI is InChI=1S/C24H23F3N4O4/c1-33-18-5-3-6-19(15-18)34-23-21(28-10-11-29-23)31-12-8-16(9-13-31)22(32)30-17-4-2-7-20(14-17)35-24(25,26)27/h2-7,10-11,14-16H,8-9,12-13H2,1H3,(H,30,32). The van der Waals surface area contributed by atoms with Gasteiger partial charge in [0.2, 0.25) is 5.91 Å². The minimum absolute atomic E-state index is 0.238. The smallest absolute Gasteiger partial charge is 0.497 e. The van der Waals surface area contributed by atoms with Crippen LogP contribution in [0.3, 0.4) is 0 Å². The van der Waals surface area contributed by atoms with Crippen LogP contribution < -0.4 is 24.4 Å². The van der Waals surface area contributed by atoms with E-state index in [1.165, 1.54) is 24.4 Å². The first-order valence-electron chi connectivity index (χ1n) is 10.9. The molecule has 1 saturated heterocycles. The van der Waals surface area contributed by atoms with E-state index < -0.39 is 12.1 Å². The van der Waals surface area contributed by atoms with Crippen molar-refractivity contribution in [3.63, 3.8) is 0 Å². The number of carbonyl (C=O) groups excluding carboxylic acids is 1. The summed E-state index contributed by atoms with van der Waals surface area (Å²) in [6.07, 6.45) is -0.636. The fourth-order valence-electron chi connectivity index (χ4n) is 3.75. The number of halogens is 3. The lowest BCUT2D eigenvalue weighted by atomic mass is 9.96. The van der Waals surface area contributed by atoms with Crippen molar-refractivity contribution in [2.75, 3.05) is 30.4 Å². The molecule has 0 spiro atoms. The number of methoxy groups -OCH3 is 1. The molecule has 1 fully saturated rings. The van der Waals surface area contributed by atoms with Crippen molar-refractivity contribution in [3.8, 4) is 23.1 Å². The van der Waals surface area contributed by atoms with Crippen molar-refractivity contribution >= 4 is 17.4 Å². The lowest BCUT2D eigenvalue weighted by molar-refractivity contribution is -0.274. The third-order valence-corrected chi connectivity index (χ3v) is 5.40. The Morgan fingerprint density at radius 3 is 2.43 bits per heavy atom. The van der Waals surface area contributed by atoms with Gasteiger partial charge in [0.1, 0.15) is 17.2 Å². The van der Waals surface area contributed by atoms with E-state index in [9.17, 15) is 18.0 Å².